The zero-order valence-corrected chi connectivity index (χ0v) is 19.0. The summed E-state index contributed by atoms with van der Waals surface area (Å²) in [5.41, 5.74) is 2.81. The maximum absolute atomic E-state index is 13.1. The second-order valence-corrected chi connectivity index (χ2v) is 7.51. The molecule has 0 fully saturated rings. The van der Waals surface area contributed by atoms with Crippen LogP contribution in [-0.2, 0) is 17.8 Å². The first kappa shape index (κ1) is 22.8. The molecule has 166 valence electrons. The molecule has 1 atom stereocenters. The van der Waals surface area contributed by atoms with Gasteiger partial charge in [-0.05, 0) is 31.0 Å². The normalized spacial score (nSPS) is 12.0. The number of aromatic nitrogens is 3. The monoisotopic (exact) mass is 445 g/mol. The molecular weight excluding hydrogens is 418 g/mol. The number of nitrogens with one attached hydrogen (secondary N) is 2. The molecule has 0 aliphatic heterocycles. The minimum atomic E-state index is -0.210. The minimum absolute atomic E-state index is 0.0835. The predicted octanol–water partition coefficient (Wildman–Crippen LogP) is 3.88. The van der Waals surface area contributed by atoms with Crippen LogP contribution in [0.5, 0.6) is 5.75 Å². The standard InChI is InChI=1S/C22H28ClN5O3/c1-5-15(13-30-3)27-22(29)17-11-25-21-16(12-26-28(21)6-2)20(17)24-10-14-7-8-19(31-4)18(23)9-14/h7-9,11-12,15H,5-6,10,13H2,1-4H3,(H,24,25)(H,27,29). The summed E-state index contributed by atoms with van der Waals surface area (Å²) in [6.45, 7) is 5.59. The zero-order valence-electron chi connectivity index (χ0n) is 18.2. The summed E-state index contributed by atoms with van der Waals surface area (Å²) in [7, 11) is 3.20. The Bertz CT molecular complexity index is 1050. The van der Waals surface area contributed by atoms with Crippen LogP contribution in [0.1, 0.15) is 36.2 Å². The number of amides is 1. The number of pyridine rings is 1. The van der Waals surface area contributed by atoms with Gasteiger partial charge in [0, 0.05) is 26.4 Å². The van der Waals surface area contributed by atoms with E-state index in [0.29, 0.717) is 41.7 Å². The maximum atomic E-state index is 13.1. The second kappa shape index (κ2) is 10.5. The lowest BCUT2D eigenvalue weighted by atomic mass is 10.1. The number of methoxy groups -OCH3 is 2. The molecule has 1 unspecified atom stereocenters. The van der Waals surface area contributed by atoms with Gasteiger partial charge in [-0.1, -0.05) is 24.6 Å². The third kappa shape index (κ3) is 5.08. The fourth-order valence-corrected chi connectivity index (χ4v) is 3.64. The Morgan fingerprint density at radius 1 is 1.26 bits per heavy atom. The van der Waals surface area contributed by atoms with Crippen molar-refractivity contribution in [3.8, 4) is 5.75 Å². The number of rotatable bonds is 10. The van der Waals surface area contributed by atoms with Crippen LogP contribution in [0, 0.1) is 0 Å². The lowest BCUT2D eigenvalue weighted by molar-refractivity contribution is 0.0895. The van der Waals surface area contributed by atoms with E-state index in [1.54, 1.807) is 31.3 Å². The summed E-state index contributed by atoms with van der Waals surface area (Å²) >= 11 is 6.26. The van der Waals surface area contributed by atoms with Crippen molar-refractivity contribution in [2.24, 2.45) is 0 Å². The number of aryl methyl sites for hydroxylation is 1. The van der Waals surface area contributed by atoms with Gasteiger partial charge in [-0.3, -0.25) is 4.79 Å². The van der Waals surface area contributed by atoms with Crippen LogP contribution in [0.3, 0.4) is 0 Å². The van der Waals surface area contributed by atoms with Gasteiger partial charge in [0.2, 0.25) is 0 Å². The summed E-state index contributed by atoms with van der Waals surface area (Å²) in [6.07, 6.45) is 4.09. The Morgan fingerprint density at radius 3 is 2.71 bits per heavy atom. The zero-order chi connectivity index (χ0) is 22.4. The highest BCUT2D eigenvalue weighted by atomic mass is 35.5. The van der Waals surface area contributed by atoms with E-state index < -0.39 is 0 Å². The lowest BCUT2D eigenvalue weighted by Gasteiger charge is -2.18. The minimum Gasteiger partial charge on any atom is -0.495 e. The maximum Gasteiger partial charge on any atom is 0.255 e. The first-order valence-electron chi connectivity index (χ1n) is 10.2. The molecule has 3 rings (SSSR count). The van der Waals surface area contributed by atoms with E-state index in [2.05, 4.69) is 20.7 Å². The van der Waals surface area contributed by atoms with Crippen LogP contribution >= 0.6 is 11.6 Å². The Kier molecular flexibility index (Phi) is 7.70. The summed E-state index contributed by atoms with van der Waals surface area (Å²) in [6, 6.07) is 5.50. The number of benzene rings is 1. The number of halogens is 1. The molecule has 2 aromatic heterocycles. The molecule has 0 radical (unpaired) electrons. The number of carbonyl (C=O) groups is 1. The highest BCUT2D eigenvalue weighted by molar-refractivity contribution is 6.32. The number of hydrogen-bond donors (Lipinski definition) is 2. The van der Waals surface area contributed by atoms with Crippen molar-refractivity contribution in [1.82, 2.24) is 20.1 Å². The van der Waals surface area contributed by atoms with Gasteiger partial charge < -0.3 is 20.1 Å². The SMILES string of the molecule is CCC(COC)NC(=O)c1cnc2c(cnn2CC)c1NCc1ccc(OC)c(Cl)c1. The van der Waals surface area contributed by atoms with E-state index >= 15 is 0 Å². The number of hydrogen-bond acceptors (Lipinski definition) is 6. The molecule has 31 heavy (non-hydrogen) atoms. The Morgan fingerprint density at radius 2 is 2.06 bits per heavy atom. The molecular formula is C22H28ClN5O3. The molecule has 8 nitrogen and oxygen atoms in total. The number of nitrogens with zero attached hydrogens (tertiary/aromatic N) is 3. The molecule has 0 spiro atoms. The van der Waals surface area contributed by atoms with Crippen molar-refractivity contribution in [3.63, 3.8) is 0 Å². The van der Waals surface area contributed by atoms with Crippen molar-refractivity contribution in [2.75, 3.05) is 26.1 Å². The van der Waals surface area contributed by atoms with Crippen LogP contribution in [-0.4, -0.2) is 47.5 Å². The largest absolute Gasteiger partial charge is 0.495 e. The van der Waals surface area contributed by atoms with Crippen LogP contribution in [0.2, 0.25) is 5.02 Å². The topological polar surface area (TPSA) is 90.3 Å². The fourth-order valence-electron chi connectivity index (χ4n) is 3.36. The number of anilines is 1. The van der Waals surface area contributed by atoms with E-state index in [1.807, 2.05) is 32.0 Å². The van der Waals surface area contributed by atoms with Crippen LogP contribution < -0.4 is 15.4 Å². The summed E-state index contributed by atoms with van der Waals surface area (Å²) in [5.74, 6) is 0.405. The smallest absolute Gasteiger partial charge is 0.255 e. The molecule has 1 amide bonds. The molecule has 9 heteroatoms. The molecule has 0 bridgehead atoms. The average Bonchev–Trinajstić information content (AvgIpc) is 3.20. The second-order valence-electron chi connectivity index (χ2n) is 7.10. The van der Waals surface area contributed by atoms with Crippen LogP contribution in [0.4, 0.5) is 5.69 Å². The third-order valence-electron chi connectivity index (χ3n) is 5.09. The summed E-state index contributed by atoms with van der Waals surface area (Å²) in [4.78, 5) is 17.6. The van der Waals surface area contributed by atoms with E-state index in [4.69, 9.17) is 21.1 Å². The van der Waals surface area contributed by atoms with Crippen molar-refractivity contribution in [2.45, 2.75) is 39.4 Å². The lowest BCUT2D eigenvalue weighted by Crippen LogP contribution is -2.37. The quantitative estimate of drug-likeness (QED) is 0.492. The van der Waals surface area contributed by atoms with Gasteiger partial charge in [0.25, 0.3) is 5.91 Å². The van der Waals surface area contributed by atoms with Gasteiger partial charge >= 0.3 is 0 Å². The van der Waals surface area contributed by atoms with E-state index in [9.17, 15) is 4.79 Å². The van der Waals surface area contributed by atoms with E-state index in [-0.39, 0.29) is 11.9 Å². The molecule has 1 aromatic carbocycles. The average molecular weight is 446 g/mol. The predicted molar refractivity (Wildman–Crippen MR) is 122 cm³/mol. The Labute approximate surface area is 186 Å². The molecule has 0 aliphatic rings. The first-order valence-corrected chi connectivity index (χ1v) is 10.6. The van der Waals surface area contributed by atoms with Crippen molar-refractivity contribution in [3.05, 3.63) is 46.7 Å². The molecule has 3 aromatic rings. The van der Waals surface area contributed by atoms with Gasteiger partial charge in [-0.2, -0.15) is 5.10 Å². The van der Waals surface area contributed by atoms with Crippen molar-refractivity contribution < 1.29 is 14.3 Å². The van der Waals surface area contributed by atoms with Gasteiger partial charge in [0.15, 0.2) is 5.65 Å². The third-order valence-corrected chi connectivity index (χ3v) is 5.39. The highest BCUT2D eigenvalue weighted by Gasteiger charge is 2.20. The Balaban J connectivity index is 1.94. The highest BCUT2D eigenvalue weighted by Crippen LogP contribution is 2.29. The van der Waals surface area contributed by atoms with E-state index in [1.165, 1.54) is 0 Å². The molecule has 2 N–H and O–H groups in total. The van der Waals surface area contributed by atoms with Gasteiger partial charge in [-0.15, -0.1) is 0 Å². The summed E-state index contributed by atoms with van der Waals surface area (Å²) < 4.78 is 12.2. The van der Waals surface area contributed by atoms with Crippen molar-refractivity contribution in [1.29, 1.82) is 0 Å². The fraction of sp³-hybridized carbons (Fsp3) is 0.409. The number of ether oxygens (including phenoxy) is 2. The summed E-state index contributed by atoms with van der Waals surface area (Å²) in [5, 5.41) is 12.1. The van der Waals surface area contributed by atoms with Gasteiger partial charge in [-0.25, -0.2) is 9.67 Å². The molecule has 2 heterocycles. The van der Waals surface area contributed by atoms with Gasteiger partial charge in [0.05, 0.1) is 47.6 Å². The molecule has 0 aliphatic carbocycles. The van der Waals surface area contributed by atoms with E-state index in [0.717, 1.165) is 23.0 Å². The number of fused-ring (bicyclic) bond motifs is 1. The number of carbonyl (C=O) groups excluding carboxylic acids is 1. The van der Waals surface area contributed by atoms with Crippen molar-refractivity contribution >= 4 is 34.2 Å². The molecule has 0 saturated heterocycles. The first-order chi connectivity index (χ1) is 15.0. The van der Waals surface area contributed by atoms with Crippen LogP contribution in [0.25, 0.3) is 11.0 Å². The van der Waals surface area contributed by atoms with Crippen LogP contribution in [0.15, 0.2) is 30.6 Å². The Hall–Kier alpha value is -2.84. The molecule has 0 saturated carbocycles. The van der Waals surface area contributed by atoms with Gasteiger partial charge in [0.1, 0.15) is 5.75 Å².